The second kappa shape index (κ2) is 7.02. The fourth-order valence-corrected chi connectivity index (χ4v) is 5.42. The first-order valence-electron chi connectivity index (χ1n) is 10.7. The molecule has 156 valence electrons. The molecule has 32 heavy (non-hydrogen) atoms. The second-order valence-electron chi connectivity index (χ2n) is 8.39. The topological polar surface area (TPSA) is 57.7 Å². The molecule has 3 heterocycles. The Labute approximate surface area is 185 Å². The van der Waals surface area contributed by atoms with Gasteiger partial charge in [0.15, 0.2) is 5.78 Å². The van der Waals surface area contributed by atoms with Crippen molar-refractivity contribution in [1.82, 2.24) is 0 Å². The summed E-state index contributed by atoms with van der Waals surface area (Å²) >= 11 is 0. The highest BCUT2D eigenvalue weighted by Crippen LogP contribution is 2.49. The lowest BCUT2D eigenvalue weighted by Gasteiger charge is -2.36. The number of rotatable bonds is 3. The Morgan fingerprint density at radius 3 is 2.09 bits per heavy atom. The van der Waals surface area contributed by atoms with Gasteiger partial charge in [-0.3, -0.25) is 14.4 Å². The number of para-hydroxylation sites is 2. The molecule has 0 N–H and O–H groups in total. The number of anilines is 2. The van der Waals surface area contributed by atoms with Crippen molar-refractivity contribution in [3.8, 4) is 0 Å². The molecular formula is C27H20N2O3. The Morgan fingerprint density at radius 1 is 0.719 bits per heavy atom. The monoisotopic (exact) mass is 420 g/mol. The Morgan fingerprint density at radius 2 is 1.34 bits per heavy atom. The summed E-state index contributed by atoms with van der Waals surface area (Å²) in [6.07, 6.45) is 3.96. The highest BCUT2D eigenvalue weighted by atomic mass is 16.2. The lowest BCUT2D eigenvalue weighted by molar-refractivity contribution is -0.122. The standard InChI is InChI=1S/C27H20N2O3/c30-25(18-10-3-1-4-11-18)24-23-22(21-16-15-17-9-7-8-14-20(17)29(21)24)26(31)28(27(23)32)19-12-5-2-6-13-19/h1-16,21-24H/t21-,22-,23-,24+/m1/s1. The van der Waals surface area contributed by atoms with Crippen LogP contribution >= 0.6 is 0 Å². The van der Waals surface area contributed by atoms with Crippen molar-refractivity contribution in [3.63, 3.8) is 0 Å². The van der Waals surface area contributed by atoms with Crippen LogP contribution < -0.4 is 9.80 Å². The normalized spacial score (nSPS) is 25.5. The number of benzene rings is 3. The van der Waals surface area contributed by atoms with Crippen molar-refractivity contribution in [2.24, 2.45) is 11.8 Å². The number of amides is 2. The van der Waals surface area contributed by atoms with E-state index in [1.807, 2.05) is 65.6 Å². The first-order chi connectivity index (χ1) is 15.7. The van der Waals surface area contributed by atoms with Crippen LogP contribution in [0.5, 0.6) is 0 Å². The second-order valence-corrected chi connectivity index (χ2v) is 8.39. The summed E-state index contributed by atoms with van der Waals surface area (Å²) in [6.45, 7) is 0. The maximum absolute atomic E-state index is 13.8. The van der Waals surface area contributed by atoms with E-state index in [1.165, 1.54) is 4.90 Å². The quantitative estimate of drug-likeness (QED) is 0.475. The summed E-state index contributed by atoms with van der Waals surface area (Å²) in [4.78, 5) is 44.4. The predicted octanol–water partition coefficient (Wildman–Crippen LogP) is 3.96. The molecule has 0 radical (unpaired) electrons. The van der Waals surface area contributed by atoms with E-state index in [9.17, 15) is 14.4 Å². The Balaban J connectivity index is 1.51. The van der Waals surface area contributed by atoms with Gasteiger partial charge in [-0.15, -0.1) is 0 Å². The van der Waals surface area contributed by atoms with Crippen LogP contribution in [0.2, 0.25) is 0 Å². The van der Waals surface area contributed by atoms with E-state index in [0.29, 0.717) is 11.3 Å². The van der Waals surface area contributed by atoms with Gasteiger partial charge in [0, 0.05) is 11.3 Å². The van der Waals surface area contributed by atoms with Crippen molar-refractivity contribution in [1.29, 1.82) is 0 Å². The molecule has 3 aliphatic heterocycles. The maximum atomic E-state index is 13.8. The molecule has 0 aromatic heterocycles. The van der Waals surface area contributed by atoms with Gasteiger partial charge in [-0.25, -0.2) is 4.90 Å². The molecule has 2 amide bonds. The highest BCUT2D eigenvalue weighted by Gasteiger charge is 2.64. The Kier molecular flexibility index (Phi) is 4.12. The van der Waals surface area contributed by atoms with Crippen molar-refractivity contribution in [3.05, 3.63) is 102 Å². The maximum Gasteiger partial charge on any atom is 0.240 e. The summed E-state index contributed by atoms with van der Waals surface area (Å²) in [5.74, 6) is -2.03. The zero-order valence-corrected chi connectivity index (χ0v) is 17.2. The van der Waals surface area contributed by atoms with E-state index in [2.05, 4.69) is 0 Å². The first-order valence-corrected chi connectivity index (χ1v) is 10.7. The van der Waals surface area contributed by atoms with E-state index in [-0.39, 0.29) is 23.6 Å². The van der Waals surface area contributed by atoms with Gasteiger partial charge in [-0.1, -0.05) is 78.9 Å². The van der Waals surface area contributed by atoms with Gasteiger partial charge in [0.2, 0.25) is 11.8 Å². The summed E-state index contributed by atoms with van der Waals surface area (Å²) in [7, 11) is 0. The molecule has 5 heteroatoms. The fraction of sp³-hybridized carbons (Fsp3) is 0.148. The van der Waals surface area contributed by atoms with Crippen LogP contribution in [-0.2, 0) is 9.59 Å². The molecule has 0 aliphatic carbocycles. The largest absolute Gasteiger partial charge is 0.352 e. The van der Waals surface area contributed by atoms with Crippen molar-refractivity contribution >= 4 is 35.0 Å². The number of carbonyl (C=O) groups excluding carboxylic acids is 3. The number of nitrogens with zero attached hydrogens (tertiary/aromatic N) is 2. The van der Waals surface area contributed by atoms with Crippen LogP contribution in [0.25, 0.3) is 6.08 Å². The number of fused-ring (bicyclic) bond motifs is 5. The number of hydrogen-bond donors (Lipinski definition) is 0. The molecule has 2 fully saturated rings. The molecular weight excluding hydrogens is 400 g/mol. The molecule has 2 saturated heterocycles. The third-order valence-corrected chi connectivity index (χ3v) is 6.76. The number of ketones is 1. The molecule has 0 bridgehead atoms. The van der Waals surface area contributed by atoms with E-state index >= 15 is 0 Å². The van der Waals surface area contributed by atoms with Gasteiger partial charge in [0.25, 0.3) is 0 Å². The lowest BCUT2D eigenvalue weighted by Crippen LogP contribution is -2.48. The molecule has 0 saturated carbocycles. The number of hydrogen-bond acceptors (Lipinski definition) is 4. The minimum Gasteiger partial charge on any atom is -0.352 e. The summed E-state index contributed by atoms with van der Waals surface area (Å²) in [5.41, 5.74) is 2.96. The molecule has 0 spiro atoms. The third-order valence-electron chi connectivity index (χ3n) is 6.76. The Hall–Kier alpha value is -3.99. The van der Waals surface area contributed by atoms with Crippen LogP contribution in [0.1, 0.15) is 15.9 Å². The molecule has 6 rings (SSSR count). The van der Waals surface area contributed by atoms with Crippen molar-refractivity contribution in [2.45, 2.75) is 12.1 Å². The van der Waals surface area contributed by atoms with E-state index in [0.717, 1.165) is 11.3 Å². The van der Waals surface area contributed by atoms with Crippen molar-refractivity contribution < 1.29 is 14.4 Å². The van der Waals surface area contributed by atoms with Crippen LogP contribution in [0.4, 0.5) is 11.4 Å². The van der Waals surface area contributed by atoms with Crippen LogP contribution in [0, 0.1) is 11.8 Å². The van der Waals surface area contributed by atoms with Crippen LogP contribution in [0.15, 0.2) is 91.0 Å². The smallest absolute Gasteiger partial charge is 0.240 e. The van der Waals surface area contributed by atoms with E-state index < -0.39 is 17.9 Å². The zero-order chi connectivity index (χ0) is 21.8. The van der Waals surface area contributed by atoms with Crippen molar-refractivity contribution in [2.75, 3.05) is 9.80 Å². The van der Waals surface area contributed by atoms with Gasteiger partial charge in [0.1, 0.15) is 6.04 Å². The fourth-order valence-electron chi connectivity index (χ4n) is 5.42. The lowest BCUT2D eigenvalue weighted by atomic mass is 9.86. The molecule has 5 nitrogen and oxygen atoms in total. The average Bonchev–Trinajstić information content (AvgIpc) is 3.32. The van der Waals surface area contributed by atoms with Gasteiger partial charge in [-0.2, -0.15) is 0 Å². The molecule has 0 unspecified atom stereocenters. The van der Waals surface area contributed by atoms with Crippen LogP contribution in [0.3, 0.4) is 0 Å². The molecule has 3 aromatic carbocycles. The van der Waals surface area contributed by atoms with E-state index in [4.69, 9.17) is 0 Å². The predicted molar refractivity (Wildman–Crippen MR) is 122 cm³/mol. The average molecular weight is 420 g/mol. The zero-order valence-electron chi connectivity index (χ0n) is 17.2. The summed E-state index contributed by atoms with van der Waals surface area (Å²) in [5, 5.41) is 0. The number of Topliss-reactive ketones (excluding diaryl/α,β-unsaturated/α-hetero) is 1. The minimum atomic E-state index is -0.747. The summed E-state index contributed by atoms with van der Waals surface area (Å²) < 4.78 is 0. The molecule has 3 aromatic rings. The molecule has 3 aliphatic rings. The van der Waals surface area contributed by atoms with Gasteiger partial charge in [-0.05, 0) is 23.8 Å². The summed E-state index contributed by atoms with van der Waals surface area (Å²) in [6, 6.07) is 24.7. The molecule has 4 atom stereocenters. The minimum absolute atomic E-state index is 0.135. The number of imide groups is 1. The van der Waals surface area contributed by atoms with E-state index in [1.54, 1.807) is 36.4 Å². The van der Waals surface area contributed by atoms with Gasteiger partial charge < -0.3 is 4.90 Å². The van der Waals surface area contributed by atoms with Crippen LogP contribution in [-0.4, -0.2) is 29.7 Å². The third kappa shape index (κ3) is 2.54. The first kappa shape index (κ1) is 18.8. The van der Waals surface area contributed by atoms with Gasteiger partial charge >= 0.3 is 0 Å². The Bertz CT molecular complexity index is 1270. The van der Waals surface area contributed by atoms with Gasteiger partial charge in [0.05, 0.1) is 23.6 Å². The SMILES string of the molecule is O=C(c1ccccc1)[C@@H]1[C@@H]2C(=O)N(c3ccccc3)C(=O)[C@@H]2[C@H]2C=Cc3ccccc3N21. The number of carbonyl (C=O) groups is 3. The highest BCUT2D eigenvalue weighted by molar-refractivity contribution is 6.25.